The Kier molecular flexibility index (Phi) is 7.52. The largest absolute Gasteiger partial charge is 0.368 e. The summed E-state index contributed by atoms with van der Waals surface area (Å²) in [4.78, 5) is 16.9. The average molecular weight is 493 g/mol. The number of nitrogens with one attached hydrogen (secondary N) is 1. The highest BCUT2D eigenvalue weighted by Crippen LogP contribution is 2.24. The lowest BCUT2D eigenvalue weighted by Gasteiger charge is -2.25. The number of hydrogen-bond donors (Lipinski definition) is 2. The fourth-order valence-corrected chi connectivity index (χ4v) is 5.99. The second-order valence-electron chi connectivity index (χ2n) is 9.05. The Morgan fingerprint density at radius 3 is 2.34 bits per heavy atom. The number of fused-ring (bicyclic) bond motifs is 1. The third kappa shape index (κ3) is 5.55. The molecule has 35 heavy (non-hydrogen) atoms. The summed E-state index contributed by atoms with van der Waals surface area (Å²) >= 11 is 0. The van der Waals surface area contributed by atoms with Gasteiger partial charge in [-0.3, -0.25) is 9.79 Å². The van der Waals surface area contributed by atoms with E-state index in [1.165, 1.54) is 19.9 Å². The van der Waals surface area contributed by atoms with Crippen molar-refractivity contribution in [2.45, 2.75) is 49.1 Å². The molecule has 1 atom stereocenters. The number of aliphatic imine (C=N–C) groups is 1. The number of nitrogens with two attached hydrogens (primary N) is 1. The fraction of sp³-hybridized carbons (Fsp3) is 0.333. The van der Waals surface area contributed by atoms with Gasteiger partial charge < -0.3 is 11.1 Å². The highest BCUT2D eigenvalue weighted by molar-refractivity contribution is 7.89. The van der Waals surface area contributed by atoms with Gasteiger partial charge in [0.25, 0.3) is 0 Å². The summed E-state index contributed by atoms with van der Waals surface area (Å²) in [6.07, 6.45) is 4.94. The van der Waals surface area contributed by atoms with Gasteiger partial charge >= 0.3 is 0 Å². The molecule has 1 saturated carbocycles. The molecule has 1 amide bonds. The lowest BCUT2D eigenvalue weighted by Crippen LogP contribution is -2.46. The van der Waals surface area contributed by atoms with Crippen molar-refractivity contribution < 1.29 is 13.2 Å². The van der Waals surface area contributed by atoms with Crippen LogP contribution in [0, 0.1) is 0 Å². The van der Waals surface area contributed by atoms with Crippen LogP contribution in [0.3, 0.4) is 0 Å². The van der Waals surface area contributed by atoms with Crippen molar-refractivity contribution in [3.63, 3.8) is 0 Å². The van der Waals surface area contributed by atoms with Crippen LogP contribution in [0.5, 0.6) is 0 Å². The number of sulfonamides is 1. The van der Waals surface area contributed by atoms with E-state index in [-0.39, 0.29) is 11.3 Å². The molecule has 4 rings (SSSR count). The average Bonchev–Trinajstić information content (AvgIpc) is 3.38. The molecule has 0 heterocycles. The van der Waals surface area contributed by atoms with Crippen LogP contribution in [-0.2, 0) is 21.2 Å². The predicted octanol–water partition coefficient (Wildman–Crippen LogP) is 3.47. The number of carbonyl (C=O) groups is 1. The second kappa shape index (κ2) is 10.6. The molecule has 7 nitrogen and oxygen atoms in total. The summed E-state index contributed by atoms with van der Waals surface area (Å²) in [6, 6.07) is 19.6. The third-order valence-corrected chi connectivity index (χ3v) is 8.60. The maximum atomic E-state index is 13.4. The van der Waals surface area contributed by atoms with Gasteiger partial charge in [0, 0.05) is 25.7 Å². The van der Waals surface area contributed by atoms with Gasteiger partial charge in [-0.05, 0) is 47.7 Å². The number of benzene rings is 3. The van der Waals surface area contributed by atoms with Gasteiger partial charge in [-0.1, -0.05) is 67.4 Å². The Balaban J connectivity index is 1.52. The van der Waals surface area contributed by atoms with E-state index in [1.54, 1.807) is 25.2 Å². The number of amides is 1. The van der Waals surface area contributed by atoms with Crippen LogP contribution in [0.1, 0.15) is 36.8 Å². The molecular formula is C27H32N4O3S. The lowest BCUT2D eigenvalue weighted by molar-refractivity contribution is -0.121. The monoisotopic (exact) mass is 492 g/mol. The first kappa shape index (κ1) is 24.9. The van der Waals surface area contributed by atoms with Crippen molar-refractivity contribution in [2.75, 3.05) is 14.1 Å². The van der Waals surface area contributed by atoms with E-state index in [0.29, 0.717) is 6.04 Å². The molecular weight excluding hydrogens is 460 g/mol. The number of primary amides is 1. The molecule has 0 spiro atoms. The molecule has 8 heteroatoms. The minimum atomic E-state index is -3.93. The van der Waals surface area contributed by atoms with Crippen LogP contribution >= 0.6 is 0 Å². The molecule has 0 bridgehead atoms. The number of amidine groups is 1. The first-order valence-corrected chi connectivity index (χ1v) is 13.3. The summed E-state index contributed by atoms with van der Waals surface area (Å²) in [5, 5.41) is 5.27. The summed E-state index contributed by atoms with van der Waals surface area (Å²) in [6.45, 7) is 0. The predicted molar refractivity (Wildman–Crippen MR) is 140 cm³/mol. The first-order valence-electron chi connectivity index (χ1n) is 11.9. The summed E-state index contributed by atoms with van der Waals surface area (Å²) in [7, 11) is -0.761. The van der Waals surface area contributed by atoms with Crippen molar-refractivity contribution in [3.05, 3.63) is 77.9 Å². The standard InChI is InChI=1S/C27H32N4O3S/c1-29-27(30-23-9-5-6-10-23)21-13-11-19(12-14-21)17-25(26(28)32)31(2)35(33,34)24-16-15-20-7-3-4-8-22(20)18-24/h3-4,7-8,11-16,18,23,25H,5-6,9-10,17H2,1-2H3,(H2,28,32)(H,29,30)/t25-/m0/s1. The van der Waals surface area contributed by atoms with Crippen LogP contribution < -0.4 is 11.1 Å². The van der Waals surface area contributed by atoms with Crippen molar-refractivity contribution in [2.24, 2.45) is 10.7 Å². The molecule has 0 unspecified atom stereocenters. The fourth-order valence-electron chi connectivity index (χ4n) is 4.63. The van der Waals surface area contributed by atoms with E-state index < -0.39 is 22.0 Å². The van der Waals surface area contributed by atoms with Crippen molar-refractivity contribution in [1.29, 1.82) is 0 Å². The zero-order valence-corrected chi connectivity index (χ0v) is 21.0. The SMILES string of the molecule is CN=C(NC1CCCC1)c1ccc(C[C@@H](C(N)=O)N(C)S(=O)(=O)c2ccc3ccccc3c2)cc1. The van der Waals surface area contributed by atoms with Crippen LogP contribution in [0.4, 0.5) is 0 Å². The van der Waals surface area contributed by atoms with Crippen LogP contribution in [0.15, 0.2) is 76.6 Å². The number of likely N-dealkylation sites (N-methyl/N-ethyl adjacent to an activating group) is 1. The van der Waals surface area contributed by atoms with Crippen LogP contribution in [0.2, 0.25) is 0 Å². The van der Waals surface area contributed by atoms with Crippen LogP contribution in [0.25, 0.3) is 10.8 Å². The summed E-state index contributed by atoms with van der Waals surface area (Å²) < 4.78 is 27.8. The molecule has 0 aliphatic heterocycles. The smallest absolute Gasteiger partial charge is 0.243 e. The van der Waals surface area contributed by atoms with Gasteiger partial charge in [-0.25, -0.2) is 8.42 Å². The van der Waals surface area contributed by atoms with Crippen molar-refractivity contribution >= 4 is 32.5 Å². The van der Waals surface area contributed by atoms with E-state index in [9.17, 15) is 13.2 Å². The van der Waals surface area contributed by atoms with E-state index in [0.717, 1.165) is 44.9 Å². The third-order valence-electron chi connectivity index (χ3n) is 6.74. The Morgan fingerprint density at radius 1 is 1.06 bits per heavy atom. The molecule has 184 valence electrons. The Hall–Kier alpha value is -3.23. The topological polar surface area (TPSA) is 105 Å². The maximum absolute atomic E-state index is 13.4. The number of hydrogen-bond acceptors (Lipinski definition) is 4. The maximum Gasteiger partial charge on any atom is 0.243 e. The van der Waals surface area contributed by atoms with Crippen molar-refractivity contribution in [1.82, 2.24) is 9.62 Å². The van der Waals surface area contributed by atoms with Gasteiger partial charge in [-0.15, -0.1) is 0 Å². The molecule has 3 aromatic rings. The Labute approximate surface area is 207 Å². The van der Waals surface area contributed by atoms with Crippen molar-refractivity contribution in [3.8, 4) is 0 Å². The lowest BCUT2D eigenvalue weighted by atomic mass is 10.0. The van der Waals surface area contributed by atoms with Gasteiger partial charge in [0.1, 0.15) is 11.9 Å². The molecule has 0 radical (unpaired) electrons. The molecule has 1 aliphatic rings. The molecule has 1 aliphatic carbocycles. The Bertz CT molecular complexity index is 1330. The number of nitrogens with zero attached hydrogens (tertiary/aromatic N) is 2. The molecule has 0 saturated heterocycles. The molecule has 1 fully saturated rings. The zero-order chi connectivity index (χ0) is 25.0. The quantitative estimate of drug-likeness (QED) is 0.371. The van der Waals surface area contributed by atoms with Gasteiger partial charge in [0.05, 0.1) is 4.90 Å². The minimum absolute atomic E-state index is 0.127. The first-order chi connectivity index (χ1) is 16.8. The van der Waals surface area contributed by atoms with Crippen LogP contribution in [-0.4, -0.2) is 50.6 Å². The van der Waals surface area contributed by atoms with Gasteiger partial charge in [0.15, 0.2) is 0 Å². The van der Waals surface area contributed by atoms with E-state index >= 15 is 0 Å². The zero-order valence-electron chi connectivity index (χ0n) is 20.1. The molecule has 3 aromatic carbocycles. The number of rotatable bonds is 8. The molecule has 0 aromatic heterocycles. The Morgan fingerprint density at radius 2 is 1.71 bits per heavy atom. The van der Waals surface area contributed by atoms with E-state index in [1.807, 2.05) is 48.5 Å². The van der Waals surface area contributed by atoms with E-state index in [2.05, 4.69) is 10.3 Å². The highest BCUT2D eigenvalue weighted by Gasteiger charge is 2.32. The number of carbonyl (C=O) groups excluding carboxylic acids is 1. The van der Waals surface area contributed by atoms with E-state index in [4.69, 9.17) is 5.73 Å². The highest BCUT2D eigenvalue weighted by atomic mass is 32.2. The summed E-state index contributed by atoms with van der Waals surface area (Å²) in [5.41, 5.74) is 7.44. The summed E-state index contributed by atoms with van der Waals surface area (Å²) in [5.74, 6) is 0.144. The minimum Gasteiger partial charge on any atom is -0.368 e. The van der Waals surface area contributed by atoms with Gasteiger partial charge in [0.2, 0.25) is 15.9 Å². The van der Waals surface area contributed by atoms with Gasteiger partial charge in [-0.2, -0.15) is 4.31 Å². The second-order valence-corrected chi connectivity index (χ2v) is 11.0. The molecule has 3 N–H and O–H groups in total. The normalized spacial score (nSPS) is 16.0.